The van der Waals surface area contributed by atoms with E-state index in [9.17, 15) is 4.79 Å². The lowest BCUT2D eigenvalue weighted by atomic mass is 10.0. The fraction of sp³-hybridized carbons (Fsp3) is 0.750. The molecule has 5 nitrogen and oxygen atoms in total. The van der Waals surface area contributed by atoms with Gasteiger partial charge in [0.2, 0.25) is 0 Å². The molecule has 0 unspecified atom stereocenters. The van der Waals surface area contributed by atoms with Crippen LogP contribution in [0.15, 0.2) is 16.5 Å². The van der Waals surface area contributed by atoms with Gasteiger partial charge in [-0.05, 0) is 64.0 Å². The van der Waals surface area contributed by atoms with Crippen molar-refractivity contribution < 1.29 is 9.21 Å². The summed E-state index contributed by atoms with van der Waals surface area (Å²) in [6, 6.07) is 4.71. The van der Waals surface area contributed by atoms with Crippen molar-refractivity contribution >= 4 is 5.91 Å². The van der Waals surface area contributed by atoms with Gasteiger partial charge in [0.05, 0.1) is 6.54 Å². The molecule has 0 bridgehead atoms. The number of carbonyl (C=O) groups is 1. The smallest absolute Gasteiger partial charge is 0.289 e. The van der Waals surface area contributed by atoms with Crippen LogP contribution in [0.3, 0.4) is 0 Å². The summed E-state index contributed by atoms with van der Waals surface area (Å²) in [5, 5.41) is 0. The number of hydrogen-bond acceptors (Lipinski definition) is 4. The summed E-state index contributed by atoms with van der Waals surface area (Å²) in [7, 11) is 0. The van der Waals surface area contributed by atoms with Crippen molar-refractivity contribution in [2.45, 2.75) is 65.1 Å². The van der Waals surface area contributed by atoms with E-state index in [-0.39, 0.29) is 5.91 Å². The van der Waals surface area contributed by atoms with Crippen molar-refractivity contribution in [2.75, 3.05) is 32.7 Å². The highest BCUT2D eigenvalue weighted by Gasteiger charge is 2.40. The third kappa shape index (κ3) is 3.93. The van der Waals surface area contributed by atoms with E-state index in [1.54, 1.807) is 0 Å². The summed E-state index contributed by atoms with van der Waals surface area (Å²) in [5.41, 5.74) is 0. The molecule has 0 N–H and O–H groups in total. The lowest BCUT2D eigenvalue weighted by Crippen LogP contribution is -2.48. The maximum absolute atomic E-state index is 13.0. The zero-order valence-corrected chi connectivity index (χ0v) is 16.0. The Morgan fingerprint density at radius 1 is 1.12 bits per heavy atom. The predicted molar refractivity (Wildman–Crippen MR) is 99.7 cm³/mol. The summed E-state index contributed by atoms with van der Waals surface area (Å²) in [6.45, 7) is 12.4. The van der Waals surface area contributed by atoms with Gasteiger partial charge in [-0.1, -0.05) is 20.8 Å². The molecule has 140 valence electrons. The van der Waals surface area contributed by atoms with E-state index in [2.05, 4.69) is 35.5 Å². The van der Waals surface area contributed by atoms with Crippen molar-refractivity contribution in [2.24, 2.45) is 0 Å². The third-order valence-corrected chi connectivity index (χ3v) is 5.97. The average Bonchev–Trinajstić information content (AvgIpc) is 3.38. The minimum Gasteiger partial charge on any atom is -0.455 e. The Kier molecular flexibility index (Phi) is 6.18. The van der Waals surface area contributed by atoms with Crippen LogP contribution in [0, 0.1) is 0 Å². The van der Waals surface area contributed by atoms with E-state index in [4.69, 9.17) is 4.42 Å². The molecule has 2 aliphatic heterocycles. The molecule has 0 aromatic carbocycles. The van der Waals surface area contributed by atoms with Gasteiger partial charge < -0.3 is 9.32 Å². The summed E-state index contributed by atoms with van der Waals surface area (Å²) in [5.74, 6) is 1.48. The van der Waals surface area contributed by atoms with E-state index in [0.717, 1.165) is 51.3 Å². The molecule has 0 saturated carbocycles. The highest BCUT2D eigenvalue weighted by Crippen LogP contribution is 2.31. The molecular formula is C20H33N3O2. The maximum Gasteiger partial charge on any atom is 0.289 e. The van der Waals surface area contributed by atoms with E-state index >= 15 is 0 Å². The first-order valence-electron chi connectivity index (χ1n) is 10.0. The number of carbonyl (C=O) groups excluding carboxylic acids is 1. The van der Waals surface area contributed by atoms with Gasteiger partial charge in [-0.15, -0.1) is 0 Å². The number of likely N-dealkylation sites (N-methyl/N-ethyl adjacent to an activating group) is 1. The lowest BCUT2D eigenvalue weighted by Gasteiger charge is -2.34. The molecule has 1 aromatic heterocycles. The second-order valence-electron chi connectivity index (χ2n) is 7.27. The first-order chi connectivity index (χ1) is 12.2. The van der Waals surface area contributed by atoms with Crippen LogP contribution in [0.1, 0.15) is 62.8 Å². The minimum absolute atomic E-state index is 0.0799. The molecule has 0 aliphatic carbocycles. The van der Waals surface area contributed by atoms with Crippen LogP contribution >= 0.6 is 0 Å². The standard InChI is InChI=1S/C20H33N3O2/c1-4-21(5-2)15-16-11-12-19(25-16)20(24)23-14-8-10-18(23)17-9-7-13-22(17)6-3/h11-12,17-18H,4-10,13-15H2,1-3H3/t17-,18-/m0/s1. The summed E-state index contributed by atoms with van der Waals surface area (Å²) in [4.78, 5) is 20.0. The molecule has 0 radical (unpaired) electrons. The van der Waals surface area contributed by atoms with Crippen LogP contribution in [-0.4, -0.2) is 65.4 Å². The highest BCUT2D eigenvalue weighted by atomic mass is 16.4. The minimum atomic E-state index is 0.0799. The van der Waals surface area contributed by atoms with Crippen molar-refractivity contribution in [3.63, 3.8) is 0 Å². The first-order valence-corrected chi connectivity index (χ1v) is 10.0. The average molecular weight is 348 g/mol. The molecule has 0 spiro atoms. The Balaban J connectivity index is 1.68. The zero-order chi connectivity index (χ0) is 17.8. The number of rotatable bonds is 7. The van der Waals surface area contributed by atoms with E-state index in [1.165, 1.54) is 19.4 Å². The molecule has 3 rings (SSSR count). The molecule has 2 fully saturated rings. The second kappa shape index (κ2) is 8.37. The zero-order valence-electron chi connectivity index (χ0n) is 16.0. The molecule has 1 amide bonds. The van der Waals surface area contributed by atoms with Crippen LogP contribution in [0.25, 0.3) is 0 Å². The number of nitrogens with zero attached hydrogens (tertiary/aromatic N) is 3. The third-order valence-electron chi connectivity index (χ3n) is 5.97. The Hall–Kier alpha value is -1.33. The molecule has 1 aromatic rings. The van der Waals surface area contributed by atoms with Crippen LogP contribution in [0.2, 0.25) is 0 Å². The van der Waals surface area contributed by atoms with Gasteiger partial charge in [0.25, 0.3) is 5.91 Å². The number of furan rings is 1. The van der Waals surface area contributed by atoms with Gasteiger partial charge in [-0.3, -0.25) is 14.6 Å². The molecule has 2 saturated heterocycles. The monoisotopic (exact) mass is 347 g/mol. The number of amides is 1. The largest absolute Gasteiger partial charge is 0.455 e. The van der Waals surface area contributed by atoms with Gasteiger partial charge in [-0.2, -0.15) is 0 Å². The molecule has 2 atom stereocenters. The quantitative estimate of drug-likeness (QED) is 0.759. The lowest BCUT2D eigenvalue weighted by molar-refractivity contribution is 0.0615. The summed E-state index contributed by atoms with van der Waals surface area (Å²) >= 11 is 0. The van der Waals surface area contributed by atoms with Crippen molar-refractivity contribution in [3.05, 3.63) is 23.7 Å². The fourth-order valence-electron chi connectivity index (χ4n) is 4.51. The Morgan fingerprint density at radius 3 is 2.56 bits per heavy atom. The number of hydrogen-bond donors (Lipinski definition) is 0. The van der Waals surface area contributed by atoms with Crippen LogP contribution < -0.4 is 0 Å². The first kappa shape index (κ1) is 18.5. The summed E-state index contributed by atoms with van der Waals surface area (Å²) < 4.78 is 5.91. The highest BCUT2D eigenvalue weighted by molar-refractivity contribution is 5.92. The molecule has 5 heteroatoms. The number of likely N-dealkylation sites (tertiary alicyclic amines) is 2. The molecule has 2 aliphatic rings. The van der Waals surface area contributed by atoms with E-state index in [1.807, 2.05) is 12.1 Å². The van der Waals surface area contributed by atoms with Crippen LogP contribution in [-0.2, 0) is 6.54 Å². The predicted octanol–water partition coefficient (Wildman–Crippen LogP) is 3.21. The van der Waals surface area contributed by atoms with Gasteiger partial charge in [-0.25, -0.2) is 0 Å². The molecular weight excluding hydrogens is 314 g/mol. The Morgan fingerprint density at radius 2 is 1.84 bits per heavy atom. The fourth-order valence-corrected chi connectivity index (χ4v) is 4.51. The Bertz CT molecular complexity index is 567. The van der Waals surface area contributed by atoms with Crippen LogP contribution in [0.4, 0.5) is 0 Å². The van der Waals surface area contributed by atoms with E-state index in [0.29, 0.717) is 17.8 Å². The van der Waals surface area contributed by atoms with Gasteiger partial charge in [0.1, 0.15) is 5.76 Å². The SMILES string of the molecule is CCN(CC)Cc1ccc(C(=O)N2CCC[C@H]2[C@@H]2CCCN2CC)o1. The maximum atomic E-state index is 13.0. The van der Waals surface area contributed by atoms with Crippen molar-refractivity contribution in [1.29, 1.82) is 0 Å². The Labute approximate surface area is 151 Å². The van der Waals surface area contributed by atoms with Gasteiger partial charge in [0.15, 0.2) is 5.76 Å². The summed E-state index contributed by atoms with van der Waals surface area (Å²) in [6.07, 6.45) is 4.71. The topological polar surface area (TPSA) is 39.9 Å². The van der Waals surface area contributed by atoms with E-state index < -0.39 is 0 Å². The second-order valence-corrected chi connectivity index (χ2v) is 7.27. The van der Waals surface area contributed by atoms with Crippen molar-refractivity contribution in [3.8, 4) is 0 Å². The van der Waals surface area contributed by atoms with Crippen molar-refractivity contribution in [1.82, 2.24) is 14.7 Å². The van der Waals surface area contributed by atoms with Gasteiger partial charge >= 0.3 is 0 Å². The van der Waals surface area contributed by atoms with Gasteiger partial charge in [0, 0.05) is 18.6 Å². The molecule has 3 heterocycles. The molecule has 25 heavy (non-hydrogen) atoms. The van der Waals surface area contributed by atoms with Crippen LogP contribution in [0.5, 0.6) is 0 Å². The normalized spacial score (nSPS) is 24.6.